The predicted molar refractivity (Wildman–Crippen MR) is 92.3 cm³/mol. The van der Waals surface area contributed by atoms with E-state index in [4.69, 9.17) is 4.74 Å². The lowest BCUT2D eigenvalue weighted by atomic mass is 10.1. The molecule has 0 heterocycles. The maximum atomic E-state index is 11.4. The zero-order chi connectivity index (χ0) is 17.6. The first-order chi connectivity index (χ1) is 11.4. The van der Waals surface area contributed by atoms with Gasteiger partial charge in [-0.3, -0.25) is 4.55 Å². The number of unbranched alkanes of at least 4 members (excludes halogenated alkanes) is 3. The SMILES string of the molecule is CCCCCCc1ccc(Oc2ccccc2S(=O)(=O)O)cc1O. The standard InChI is InChI=1S/C18H22O5S/c1-2-3-4-5-8-14-11-12-15(13-16(14)19)23-17-9-6-7-10-18(17)24(20,21)22/h6-7,9-13,19H,2-5,8H2,1H3,(H,20,21,22). The van der Waals surface area contributed by atoms with Crippen molar-refractivity contribution in [3.05, 3.63) is 48.0 Å². The van der Waals surface area contributed by atoms with Crippen LogP contribution in [-0.2, 0) is 16.5 Å². The van der Waals surface area contributed by atoms with E-state index in [1.54, 1.807) is 18.2 Å². The van der Waals surface area contributed by atoms with Gasteiger partial charge in [0, 0.05) is 6.07 Å². The number of aryl methyl sites for hydroxylation is 1. The normalized spacial score (nSPS) is 11.4. The topological polar surface area (TPSA) is 83.8 Å². The van der Waals surface area contributed by atoms with E-state index in [2.05, 4.69) is 6.92 Å². The Bertz CT molecular complexity index is 784. The van der Waals surface area contributed by atoms with Gasteiger partial charge in [0.15, 0.2) is 0 Å². The van der Waals surface area contributed by atoms with Gasteiger partial charge in [-0.2, -0.15) is 8.42 Å². The first-order valence-electron chi connectivity index (χ1n) is 7.98. The molecule has 0 aliphatic heterocycles. The minimum atomic E-state index is -4.38. The first kappa shape index (κ1) is 18.3. The minimum absolute atomic E-state index is 0.00935. The highest BCUT2D eigenvalue weighted by molar-refractivity contribution is 7.86. The third-order valence-corrected chi connectivity index (χ3v) is 4.60. The van der Waals surface area contributed by atoms with Crippen LogP contribution >= 0.6 is 0 Å². The van der Waals surface area contributed by atoms with E-state index in [9.17, 15) is 18.1 Å². The largest absolute Gasteiger partial charge is 0.508 e. The van der Waals surface area contributed by atoms with Crippen molar-refractivity contribution >= 4 is 10.1 Å². The summed E-state index contributed by atoms with van der Waals surface area (Å²) < 4.78 is 37.5. The van der Waals surface area contributed by atoms with Crippen molar-refractivity contribution in [3.63, 3.8) is 0 Å². The number of phenolic OH excluding ortho intramolecular Hbond substituents is 1. The minimum Gasteiger partial charge on any atom is -0.508 e. The molecular formula is C18H22O5S. The van der Waals surface area contributed by atoms with E-state index < -0.39 is 10.1 Å². The van der Waals surface area contributed by atoms with Crippen molar-refractivity contribution in [2.24, 2.45) is 0 Å². The third kappa shape index (κ3) is 4.97. The van der Waals surface area contributed by atoms with Crippen LogP contribution in [0.25, 0.3) is 0 Å². The van der Waals surface area contributed by atoms with Crippen molar-refractivity contribution in [1.82, 2.24) is 0 Å². The van der Waals surface area contributed by atoms with Crippen LogP contribution in [0.2, 0.25) is 0 Å². The molecule has 0 aliphatic rings. The number of hydrogen-bond donors (Lipinski definition) is 2. The average Bonchev–Trinajstić information content (AvgIpc) is 2.53. The van der Waals surface area contributed by atoms with Gasteiger partial charge in [-0.15, -0.1) is 0 Å². The van der Waals surface area contributed by atoms with Crippen molar-refractivity contribution < 1.29 is 22.8 Å². The molecule has 0 amide bonds. The molecule has 0 saturated carbocycles. The van der Waals surface area contributed by atoms with Crippen LogP contribution in [0.5, 0.6) is 17.2 Å². The molecule has 24 heavy (non-hydrogen) atoms. The number of ether oxygens (including phenoxy) is 1. The van der Waals surface area contributed by atoms with Gasteiger partial charge in [0.25, 0.3) is 10.1 Å². The Kier molecular flexibility index (Phi) is 6.23. The van der Waals surface area contributed by atoms with E-state index in [1.807, 2.05) is 0 Å². The Morgan fingerprint density at radius 3 is 2.46 bits per heavy atom. The molecular weight excluding hydrogens is 328 g/mol. The van der Waals surface area contributed by atoms with Gasteiger partial charge in [0.2, 0.25) is 0 Å². The molecule has 130 valence electrons. The molecule has 0 aliphatic carbocycles. The summed E-state index contributed by atoms with van der Waals surface area (Å²) in [6.45, 7) is 2.15. The van der Waals surface area contributed by atoms with Crippen LogP contribution in [0.15, 0.2) is 47.4 Å². The van der Waals surface area contributed by atoms with Crippen LogP contribution < -0.4 is 4.74 Å². The molecule has 2 aromatic carbocycles. The van der Waals surface area contributed by atoms with Crippen LogP contribution in [0.1, 0.15) is 38.2 Å². The van der Waals surface area contributed by atoms with Gasteiger partial charge in [-0.05, 0) is 36.6 Å². The molecule has 0 unspecified atom stereocenters. The number of rotatable bonds is 8. The molecule has 2 N–H and O–H groups in total. The number of phenols is 1. The molecule has 0 bridgehead atoms. The predicted octanol–water partition coefficient (Wildman–Crippen LogP) is 4.55. The van der Waals surface area contributed by atoms with Gasteiger partial charge in [0.05, 0.1) is 0 Å². The van der Waals surface area contributed by atoms with Gasteiger partial charge < -0.3 is 9.84 Å². The molecule has 0 radical (unpaired) electrons. The summed E-state index contributed by atoms with van der Waals surface area (Å²) in [6.07, 6.45) is 5.25. The summed E-state index contributed by atoms with van der Waals surface area (Å²) in [5.41, 5.74) is 0.835. The maximum Gasteiger partial charge on any atom is 0.298 e. The van der Waals surface area contributed by atoms with Crippen molar-refractivity contribution in [1.29, 1.82) is 0 Å². The Hall–Kier alpha value is -2.05. The molecule has 5 nitrogen and oxygen atoms in total. The molecule has 0 aromatic heterocycles. The van der Waals surface area contributed by atoms with Crippen LogP contribution in [0.4, 0.5) is 0 Å². The summed E-state index contributed by atoms with van der Waals surface area (Å²) in [6, 6.07) is 10.7. The van der Waals surface area contributed by atoms with E-state index >= 15 is 0 Å². The second-order valence-electron chi connectivity index (χ2n) is 5.63. The fraction of sp³-hybridized carbons (Fsp3) is 0.333. The van der Waals surface area contributed by atoms with E-state index in [1.165, 1.54) is 30.7 Å². The van der Waals surface area contributed by atoms with Crippen LogP contribution in [0, 0.1) is 0 Å². The number of para-hydroxylation sites is 1. The van der Waals surface area contributed by atoms with Crippen LogP contribution in [-0.4, -0.2) is 18.1 Å². The molecule has 0 spiro atoms. The van der Waals surface area contributed by atoms with E-state index in [0.717, 1.165) is 31.2 Å². The fourth-order valence-corrected chi connectivity index (χ4v) is 3.05. The average molecular weight is 350 g/mol. The second-order valence-corrected chi connectivity index (χ2v) is 7.02. The molecule has 0 fully saturated rings. The zero-order valence-corrected chi connectivity index (χ0v) is 14.4. The molecule has 6 heteroatoms. The van der Waals surface area contributed by atoms with Crippen molar-refractivity contribution in [2.45, 2.75) is 43.9 Å². The molecule has 2 aromatic rings. The monoisotopic (exact) mass is 350 g/mol. The van der Waals surface area contributed by atoms with Gasteiger partial charge in [-0.1, -0.05) is 44.4 Å². The fourth-order valence-electron chi connectivity index (χ4n) is 2.44. The molecule has 0 saturated heterocycles. The highest BCUT2D eigenvalue weighted by Gasteiger charge is 2.16. The Morgan fingerprint density at radius 1 is 1.04 bits per heavy atom. The van der Waals surface area contributed by atoms with E-state index in [0.29, 0.717) is 5.75 Å². The lowest BCUT2D eigenvalue weighted by molar-refractivity contribution is 0.437. The van der Waals surface area contributed by atoms with Gasteiger partial charge in [0.1, 0.15) is 22.1 Å². The smallest absolute Gasteiger partial charge is 0.298 e. The summed E-state index contributed by atoms with van der Waals surface area (Å²) in [5, 5.41) is 10.1. The van der Waals surface area contributed by atoms with Crippen LogP contribution in [0.3, 0.4) is 0 Å². The highest BCUT2D eigenvalue weighted by atomic mass is 32.2. The van der Waals surface area contributed by atoms with E-state index in [-0.39, 0.29) is 16.4 Å². The summed E-state index contributed by atoms with van der Waals surface area (Å²) in [4.78, 5) is -0.312. The van der Waals surface area contributed by atoms with Gasteiger partial charge in [-0.25, -0.2) is 0 Å². The Balaban J connectivity index is 2.13. The molecule has 0 atom stereocenters. The Labute approximate surface area is 142 Å². The third-order valence-electron chi connectivity index (χ3n) is 3.71. The van der Waals surface area contributed by atoms with Crippen molar-refractivity contribution in [2.75, 3.05) is 0 Å². The molecule has 2 rings (SSSR count). The maximum absolute atomic E-state index is 11.4. The number of aromatic hydroxyl groups is 1. The van der Waals surface area contributed by atoms with Gasteiger partial charge >= 0.3 is 0 Å². The van der Waals surface area contributed by atoms with Crippen molar-refractivity contribution in [3.8, 4) is 17.2 Å². The number of hydrogen-bond acceptors (Lipinski definition) is 4. The summed E-state index contributed by atoms with van der Waals surface area (Å²) in [7, 11) is -4.38. The summed E-state index contributed by atoms with van der Waals surface area (Å²) >= 11 is 0. The summed E-state index contributed by atoms with van der Waals surface area (Å²) in [5.74, 6) is 0.435. The number of benzene rings is 2. The lowest BCUT2D eigenvalue weighted by Gasteiger charge is -2.11. The lowest BCUT2D eigenvalue weighted by Crippen LogP contribution is -2.00. The second kappa shape index (κ2) is 8.17. The zero-order valence-electron chi connectivity index (χ0n) is 13.6. The highest BCUT2D eigenvalue weighted by Crippen LogP contribution is 2.32. The quantitative estimate of drug-likeness (QED) is 0.539. The first-order valence-corrected chi connectivity index (χ1v) is 9.42. The Morgan fingerprint density at radius 2 is 1.79 bits per heavy atom.